The number of nitrogen functional groups attached to an aromatic ring is 1. The molecular weight excluding hydrogens is 402 g/mol. The van der Waals surface area contributed by atoms with E-state index in [0.29, 0.717) is 0 Å². The van der Waals surface area contributed by atoms with E-state index < -0.39 is 0 Å². The van der Waals surface area contributed by atoms with Crippen molar-refractivity contribution in [2.45, 2.75) is 51.3 Å². The summed E-state index contributed by atoms with van der Waals surface area (Å²) >= 11 is 5.43. The Labute approximate surface area is 170 Å². The molecule has 0 atom stereocenters. The van der Waals surface area contributed by atoms with Crippen LogP contribution < -0.4 is 5.73 Å². The minimum Gasteiger partial charge on any atom is -0.398 e. The average molecular weight is 430 g/mol. The van der Waals surface area contributed by atoms with E-state index in [2.05, 4.69) is 65.5 Å². The molecule has 2 aromatic carbocycles. The molecular formula is C23H28BrNS. The van der Waals surface area contributed by atoms with Crippen LogP contribution in [-0.4, -0.2) is 5.75 Å². The quantitative estimate of drug-likeness (QED) is 0.314. The van der Waals surface area contributed by atoms with E-state index >= 15 is 0 Å². The van der Waals surface area contributed by atoms with Crippen LogP contribution in [0.4, 0.5) is 5.69 Å². The highest BCUT2D eigenvalue weighted by molar-refractivity contribution is 9.08. The van der Waals surface area contributed by atoms with Crippen LogP contribution in [0.3, 0.4) is 0 Å². The van der Waals surface area contributed by atoms with E-state index in [9.17, 15) is 0 Å². The zero-order valence-corrected chi connectivity index (χ0v) is 18.2. The average Bonchev–Trinajstić information content (AvgIpc) is 2.66. The van der Waals surface area contributed by atoms with Gasteiger partial charge in [-0.1, -0.05) is 40.2 Å². The number of rotatable bonds is 6. The van der Waals surface area contributed by atoms with Crippen molar-refractivity contribution in [1.82, 2.24) is 0 Å². The second-order valence-corrected chi connectivity index (χ2v) is 8.76. The summed E-state index contributed by atoms with van der Waals surface area (Å²) in [6, 6.07) is 11.4. The Morgan fingerprint density at radius 1 is 1.12 bits per heavy atom. The van der Waals surface area contributed by atoms with Gasteiger partial charge in [0.25, 0.3) is 0 Å². The fourth-order valence-electron chi connectivity index (χ4n) is 3.61. The summed E-state index contributed by atoms with van der Waals surface area (Å²) in [4.78, 5) is 0. The lowest BCUT2D eigenvalue weighted by Crippen LogP contribution is -2.02. The molecule has 2 aromatic rings. The van der Waals surface area contributed by atoms with E-state index in [-0.39, 0.29) is 0 Å². The van der Waals surface area contributed by atoms with Gasteiger partial charge in [-0.15, -0.1) is 11.8 Å². The van der Waals surface area contributed by atoms with E-state index in [1.165, 1.54) is 53.5 Å². The van der Waals surface area contributed by atoms with E-state index in [4.69, 9.17) is 5.73 Å². The van der Waals surface area contributed by atoms with Crippen LogP contribution in [0.25, 0.3) is 5.57 Å². The highest BCUT2D eigenvalue weighted by Gasteiger charge is 2.10. The SMILES string of the molecule is C/C(=C\SCCc1cc(CBr)c(N)cc1C)c1ccc2c(c1)CCCC2. The highest BCUT2D eigenvalue weighted by Crippen LogP contribution is 2.27. The van der Waals surface area contributed by atoms with Crippen LogP contribution in [0.1, 0.15) is 53.1 Å². The Hall–Kier alpha value is -1.19. The molecule has 0 saturated carbocycles. The summed E-state index contributed by atoms with van der Waals surface area (Å²) < 4.78 is 0. The molecule has 1 nitrogen and oxygen atoms in total. The summed E-state index contributed by atoms with van der Waals surface area (Å²) in [5.41, 5.74) is 16.7. The molecule has 0 spiro atoms. The summed E-state index contributed by atoms with van der Waals surface area (Å²) in [6.07, 6.45) is 6.26. The third-order valence-corrected chi connectivity index (χ3v) is 6.86. The molecule has 0 aliphatic heterocycles. The first-order valence-corrected chi connectivity index (χ1v) is 11.6. The number of fused-ring (bicyclic) bond motifs is 1. The second-order valence-electron chi connectivity index (χ2n) is 7.22. The number of alkyl halides is 1. The maximum absolute atomic E-state index is 6.06. The van der Waals surface area contributed by atoms with Crippen LogP contribution in [0.5, 0.6) is 0 Å². The largest absolute Gasteiger partial charge is 0.398 e. The van der Waals surface area contributed by atoms with E-state index in [1.54, 1.807) is 11.1 Å². The van der Waals surface area contributed by atoms with Crippen molar-refractivity contribution in [1.29, 1.82) is 0 Å². The van der Waals surface area contributed by atoms with Crippen molar-refractivity contribution in [2.24, 2.45) is 0 Å². The normalized spacial score (nSPS) is 14.3. The maximum Gasteiger partial charge on any atom is 0.0357 e. The lowest BCUT2D eigenvalue weighted by Gasteiger charge is -2.16. The first-order valence-electron chi connectivity index (χ1n) is 9.43. The van der Waals surface area contributed by atoms with Gasteiger partial charge in [-0.05, 0) is 96.4 Å². The van der Waals surface area contributed by atoms with Crippen molar-refractivity contribution in [2.75, 3.05) is 11.5 Å². The molecule has 0 aromatic heterocycles. The van der Waals surface area contributed by atoms with Gasteiger partial charge in [0.1, 0.15) is 0 Å². The number of aryl methyl sites for hydroxylation is 4. The molecule has 138 valence electrons. The predicted octanol–water partition coefficient (Wildman–Crippen LogP) is 6.69. The second kappa shape index (κ2) is 9.14. The number of thioether (sulfide) groups is 1. The number of nitrogens with two attached hydrogens (primary N) is 1. The number of hydrogen-bond donors (Lipinski definition) is 1. The summed E-state index contributed by atoms with van der Waals surface area (Å²) in [7, 11) is 0. The highest BCUT2D eigenvalue weighted by atomic mass is 79.9. The Bertz CT molecular complexity index is 810. The van der Waals surface area contributed by atoms with Crippen molar-refractivity contribution in [3.63, 3.8) is 0 Å². The van der Waals surface area contributed by atoms with Crippen LogP contribution in [0.2, 0.25) is 0 Å². The van der Waals surface area contributed by atoms with Gasteiger partial charge in [-0.25, -0.2) is 0 Å². The van der Waals surface area contributed by atoms with Crippen molar-refractivity contribution >= 4 is 39.0 Å². The van der Waals surface area contributed by atoms with Gasteiger partial charge in [0.05, 0.1) is 0 Å². The fourth-order valence-corrected chi connectivity index (χ4v) is 4.94. The van der Waals surface area contributed by atoms with Crippen molar-refractivity contribution < 1.29 is 0 Å². The molecule has 0 heterocycles. The maximum atomic E-state index is 6.06. The smallest absolute Gasteiger partial charge is 0.0357 e. The van der Waals surface area contributed by atoms with Gasteiger partial charge in [-0.3, -0.25) is 0 Å². The lowest BCUT2D eigenvalue weighted by molar-refractivity contribution is 0.685. The molecule has 0 amide bonds. The monoisotopic (exact) mass is 429 g/mol. The first kappa shape index (κ1) is 19.6. The minimum atomic E-state index is 0.816. The molecule has 0 fully saturated rings. The molecule has 2 N–H and O–H groups in total. The molecule has 0 saturated heterocycles. The first-order chi connectivity index (χ1) is 12.6. The Morgan fingerprint density at radius 3 is 2.65 bits per heavy atom. The Kier molecular flexibility index (Phi) is 6.88. The summed E-state index contributed by atoms with van der Waals surface area (Å²) in [5, 5.41) is 3.14. The predicted molar refractivity (Wildman–Crippen MR) is 121 cm³/mol. The number of benzene rings is 2. The Balaban J connectivity index is 1.60. The molecule has 26 heavy (non-hydrogen) atoms. The van der Waals surface area contributed by atoms with Gasteiger partial charge in [0.2, 0.25) is 0 Å². The molecule has 0 bridgehead atoms. The van der Waals surface area contributed by atoms with Crippen molar-refractivity contribution in [3.8, 4) is 0 Å². The topological polar surface area (TPSA) is 26.0 Å². The van der Waals surface area contributed by atoms with Crippen LogP contribution >= 0.6 is 27.7 Å². The third kappa shape index (κ3) is 4.75. The molecule has 3 heteroatoms. The van der Waals surface area contributed by atoms with Crippen LogP contribution in [0, 0.1) is 6.92 Å². The van der Waals surface area contributed by atoms with Crippen LogP contribution in [0.15, 0.2) is 35.7 Å². The van der Waals surface area contributed by atoms with Gasteiger partial charge in [0, 0.05) is 16.8 Å². The minimum absolute atomic E-state index is 0.816. The molecule has 1 aliphatic carbocycles. The molecule has 1 aliphatic rings. The molecule has 3 rings (SSSR count). The number of allylic oxidation sites excluding steroid dienone is 1. The third-order valence-electron chi connectivity index (χ3n) is 5.29. The van der Waals surface area contributed by atoms with Gasteiger partial charge < -0.3 is 5.73 Å². The van der Waals surface area contributed by atoms with Crippen LogP contribution in [-0.2, 0) is 24.6 Å². The van der Waals surface area contributed by atoms with Gasteiger partial charge in [-0.2, -0.15) is 0 Å². The zero-order valence-electron chi connectivity index (χ0n) is 15.8. The fraction of sp³-hybridized carbons (Fsp3) is 0.391. The van der Waals surface area contributed by atoms with E-state index in [0.717, 1.165) is 23.2 Å². The number of anilines is 1. The van der Waals surface area contributed by atoms with E-state index in [1.807, 2.05) is 11.8 Å². The van der Waals surface area contributed by atoms with Gasteiger partial charge in [0.15, 0.2) is 0 Å². The molecule has 0 radical (unpaired) electrons. The Morgan fingerprint density at radius 2 is 1.88 bits per heavy atom. The summed E-state index contributed by atoms with van der Waals surface area (Å²) in [6.45, 7) is 4.39. The lowest BCUT2D eigenvalue weighted by atomic mass is 9.89. The van der Waals surface area contributed by atoms with Crippen molar-refractivity contribution in [3.05, 3.63) is 69.1 Å². The number of hydrogen-bond acceptors (Lipinski definition) is 2. The zero-order chi connectivity index (χ0) is 18.5. The standard InChI is InChI=1S/C23H28BrNS/c1-16-11-23(25)22(14-24)13-20(16)9-10-26-15-17(2)19-8-7-18-5-3-4-6-21(18)12-19/h7-8,11-13,15H,3-6,9-10,14,25H2,1-2H3/b17-15+. The van der Waals surface area contributed by atoms with Gasteiger partial charge >= 0.3 is 0 Å². The summed E-state index contributed by atoms with van der Waals surface area (Å²) in [5.74, 6) is 1.09. The molecule has 0 unspecified atom stereocenters. The number of halogens is 1.